The Bertz CT molecular complexity index is 499. The van der Waals surface area contributed by atoms with Crippen LogP contribution < -0.4 is 0 Å². The van der Waals surface area contributed by atoms with Crippen LogP contribution in [0.3, 0.4) is 0 Å². The van der Waals surface area contributed by atoms with Gasteiger partial charge in [-0.05, 0) is 25.5 Å². The highest BCUT2D eigenvalue weighted by Gasteiger charge is 2.10. The van der Waals surface area contributed by atoms with Crippen LogP contribution in [0.2, 0.25) is 0 Å². The predicted octanol–water partition coefficient (Wildman–Crippen LogP) is 3.68. The van der Waals surface area contributed by atoms with Gasteiger partial charge in [0.05, 0.1) is 6.10 Å². The molecular weight excluding hydrogens is 236 g/mol. The van der Waals surface area contributed by atoms with Crippen LogP contribution in [0.1, 0.15) is 33.3 Å². The van der Waals surface area contributed by atoms with E-state index < -0.39 is 0 Å². The Morgan fingerprint density at radius 1 is 1.16 bits per heavy atom. The number of esters is 1. The first kappa shape index (κ1) is 15.0. The molecule has 1 aromatic rings. The molecule has 0 unspecified atom stereocenters. The lowest BCUT2D eigenvalue weighted by Gasteiger charge is -2.07. The van der Waals surface area contributed by atoms with E-state index in [1.165, 1.54) is 0 Å². The van der Waals surface area contributed by atoms with Crippen molar-refractivity contribution in [1.82, 2.24) is 0 Å². The van der Waals surface area contributed by atoms with Gasteiger partial charge in [0.1, 0.15) is 5.57 Å². The molecule has 0 spiro atoms. The van der Waals surface area contributed by atoms with Gasteiger partial charge in [-0.3, -0.25) is 0 Å². The lowest BCUT2D eigenvalue weighted by Crippen LogP contribution is -2.13. The van der Waals surface area contributed by atoms with Crippen molar-refractivity contribution in [1.29, 1.82) is 0 Å². The fourth-order valence-electron chi connectivity index (χ4n) is 1.36. The minimum absolute atomic E-state index is 0.146. The Morgan fingerprint density at radius 2 is 1.79 bits per heavy atom. The molecule has 1 rings (SSSR count). The van der Waals surface area contributed by atoms with Crippen LogP contribution in [-0.4, -0.2) is 12.1 Å². The fourth-order valence-corrected chi connectivity index (χ4v) is 1.36. The lowest BCUT2D eigenvalue weighted by molar-refractivity contribution is -0.142. The van der Waals surface area contributed by atoms with E-state index in [0.29, 0.717) is 5.57 Å². The first-order valence-corrected chi connectivity index (χ1v) is 6.48. The molecule has 0 saturated heterocycles. The van der Waals surface area contributed by atoms with Crippen molar-refractivity contribution in [3.63, 3.8) is 0 Å². The topological polar surface area (TPSA) is 26.3 Å². The summed E-state index contributed by atoms with van der Waals surface area (Å²) in [6.45, 7) is 7.63. The quantitative estimate of drug-likeness (QED) is 0.468. The second kappa shape index (κ2) is 7.43. The highest BCUT2D eigenvalue weighted by Crippen LogP contribution is 2.09. The number of benzene rings is 1. The van der Waals surface area contributed by atoms with Gasteiger partial charge in [-0.2, -0.15) is 0 Å². The molecule has 0 aromatic heterocycles. The Hall–Kier alpha value is -2.01. The molecule has 2 heteroatoms. The van der Waals surface area contributed by atoms with E-state index in [1.807, 2.05) is 58.0 Å². The van der Waals surface area contributed by atoms with Gasteiger partial charge < -0.3 is 4.74 Å². The molecule has 0 atom stereocenters. The maximum absolute atomic E-state index is 12.0. The molecule has 100 valence electrons. The number of hydrogen-bond donors (Lipinski definition) is 0. The molecule has 2 nitrogen and oxygen atoms in total. The maximum Gasteiger partial charge on any atom is 0.346 e. The number of carbonyl (C=O) groups is 1. The van der Waals surface area contributed by atoms with Crippen molar-refractivity contribution in [3.8, 4) is 11.8 Å². The minimum atomic E-state index is -0.369. The monoisotopic (exact) mass is 256 g/mol. The Kier molecular flexibility index (Phi) is 5.89. The molecule has 0 aliphatic rings. The molecular formula is C17H20O2. The zero-order chi connectivity index (χ0) is 14.3. The lowest BCUT2D eigenvalue weighted by atomic mass is 10.1. The summed E-state index contributed by atoms with van der Waals surface area (Å²) in [6.07, 6.45) is 1.62. The zero-order valence-corrected chi connectivity index (χ0v) is 11.9. The molecule has 0 bridgehead atoms. The van der Waals surface area contributed by atoms with E-state index in [0.717, 1.165) is 5.56 Å². The highest BCUT2D eigenvalue weighted by atomic mass is 16.5. The Labute approximate surface area is 115 Å². The zero-order valence-electron chi connectivity index (χ0n) is 11.9. The van der Waals surface area contributed by atoms with Crippen LogP contribution >= 0.6 is 0 Å². The van der Waals surface area contributed by atoms with Crippen molar-refractivity contribution < 1.29 is 9.53 Å². The number of carbonyl (C=O) groups excluding carboxylic acids is 1. The Morgan fingerprint density at radius 3 is 2.32 bits per heavy atom. The molecule has 1 aromatic carbocycles. The summed E-state index contributed by atoms with van der Waals surface area (Å²) in [6, 6.07) is 9.64. The molecule has 0 fully saturated rings. The van der Waals surface area contributed by atoms with E-state index in [4.69, 9.17) is 4.74 Å². The van der Waals surface area contributed by atoms with Crippen molar-refractivity contribution in [2.24, 2.45) is 5.92 Å². The van der Waals surface area contributed by atoms with Crippen LogP contribution in [0.15, 0.2) is 35.9 Å². The third-order valence-electron chi connectivity index (χ3n) is 2.17. The van der Waals surface area contributed by atoms with E-state index in [9.17, 15) is 4.79 Å². The summed E-state index contributed by atoms with van der Waals surface area (Å²) in [5, 5.41) is 0. The van der Waals surface area contributed by atoms with E-state index in [1.54, 1.807) is 6.08 Å². The summed E-state index contributed by atoms with van der Waals surface area (Å²) in [7, 11) is 0. The fraction of sp³-hybridized carbons (Fsp3) is 0.353. The average Bonchev–Trinajstić information content (AvgIpc) is 2.34. The minimum Gasteiger partial charge on any atom is -0.459 e. The standard InChI is InChI=1S/C17H20O2/c1-13(2)10-11-16(17(18)19-14(3)4)12-15-8-6-5-7-9-15/h5-9,12-14H,1-4H3. The summed E-state index contributed by atoms with van der Waals surface area (Å²) >= 11 is 0. The number of hydrogen-bond acceptors (Lipinski definition) is 2. The second-order valence-electron chi connectivity index (χ2n) is 4.85. The van der Waals surface area contributed by atoms with Crippen LogP contribution in [0.25, 0.3) is 6.08 Å². The molecule has 0 saturated carbocycles. The molecule has 0 aliphatic heterocycles. The summed E-state index contributed by atoms with van der Waals surface area (Å²) in [5.41, 5.74) is 1.34. The predicted molar refractivity (Wildman–Crippen MR) is 78.3 cm³/mol. The summed E-state index contributed by atoms with van der Waals surface area (Å²) in [5.74, 6) is 5.76. The van der Waals surface area contributed by atoms with Crippen molar-refractivity contribution in [3.05, 3.63) is 41.5 Å². The third kappa shape index (κ3) is 5.92. The SMILES string of the molecule is CC(C)C#CC(=Cc1ccccc1)C(=O)OC(C)C. The second-order valence-corrected chi connectivity index (χ2v) is 4.85. The Balaban J connectivity index is 3.03. The van der Waals surface area contributed by atoms with Gasteiger partial charge in [-0.15, -0.1) is 0 Å². The van der Waals surface area contributed by atoms with Crippen LogP contribution in [0.5, 0.6) is 0 Å². The molecule has 0 radical (unpaired) electrons. The van der Waals surface area contributed by atoms with Crippen molar-refractivity contribution in [2.45, 2.75) is 33.8 Å². The summed E-state index contributed by atoms with van der Waals surface area (Å²) < 4.78 is 5.21. The number of rotatable bonds is 3. The smallest absolute Gasteiger partial charge is 0.346 e. The van der Waals surface area contributed by atoms with Gasteiger partial charge in [0.25, 0.3) is 0 Å². The van der Waals surface area contributed by atoms with Gasteiger partial charge in [0.15, 0.2) is 0 Å². The molecule has 0 amide bonds. The normalized spacial score (nSPS) is 11.2. The van der Waals surface area contributed by atoms with E-state index in [-0.39, 0.29) is 18.0 Å². The number of ether oxygens (including phenoxy) is 1. The molecule has 0 N–H and O–H groups in total. The van der Waals surface area contributed by atoms with Gasteiger partial charge in [-0.1, -0.05) is 56.0 Å². The van der Waals surface area contributed by atoms with Crippen LogP contribution in [0.4, 0.5) is 0 Å². The van der Waals surface area contributed by atoms with Crippen LogP contribution in [-0.2, 0) is 9.53 Å². The summed E-state index contributed by atoms with van der Waals surface area (Å²) in [4.78, 5) is 12.0. The van der Waals surface area contributed by atoms with E-state index >= 15 is 0 Å². The maximum atomic E-state index is 12.0. The third-order valence-corrected chi connectivity index (χ3v) is 2.17. The van der Waals surface area contributed by atoms with Gasteiger partial charge >= 0.3 is 5.97 Å². The van der Waals surface area contributed by atoms with Gasteiger partial charge in [0, 0.05) is 5.92 Å². The first-order chi connectivity index (χ1) is 8.99. The molecule has 19 heavy (non-hydrogen) atoms. The van der Waals surface area contributed by atoms with Gasteiger partial charge in [0.2, 0.25) is 0 Å². The van der Waals surface area contributed by atoms with Crippen LogP contribution in [0, 0.1) is 17.8 Å². The van der Waals surface area contributed by atoms with E-state index in [2.05, 4.69) is 11.8 Å². The molecule has 0 aliphatic carbocycles. The molecule has 0 heterocycles. The van der Waals surface area contributed by atoms with Crippen molar-refractivity contribution >= 4 is 12.0 Å². The first-order valence-electron chi connectivity index (χ1n) is 6.48. The van der Waals surface area contributed by atoms with Crippen molar-refractivity contribution in [2.75, 3.05) is 0 Å². The van der Waals surface area contributed by atoms with Gasteiger partial charge in [-0.25, -0.2) is 4.79 Å². The largest absolute Gasteiger partial charge is 0.459 e. The highest BCUT2D eigenvalue weighted by molar-refractivity contribution is 5.98. The average molecular weight is 256 g/mol.